The van der Waals surface area contributed by atoms with Crippen LogP contribution in [0, 0.1) is 11.3 Å². The fourth-order valence-electron chi connectivity index (χ4n) is 3.31. The van der Waals surface area contributed by atoms with E-state index in [9.17, 15) is 4.79 Å². The third kappa shape index (κ3) is 3.86. The molecule has 0 aliphatic carbocycles. The Morgan fingerprint density at radius 3 is 2.64 bits per heavy atom. The van der Waals surface area contributed by atoms with E-state index in [0.717, 1.165) is 17.1 Å². The Labute approximate surface area is 163 Å². The minimum Gasteiger partial charge on any atom is -0.353 e. The summed E-state index contributed by atoms with van der Waals surface area (Å²) in [7, 11) is 0. The molecule has 0 spiro atoms. The molecule has 4 rings (SSSR count). The molecule has 1 aliphatic heterocycles. The summed E-state index contributed by atoms with van der Waals surface area (Å²) in [5, 5.41) is 13.4. The molecule has 1 amide bonds. The summed E-state index contributed by atoms with van der Waals surface area (Å²) in [5.41, 5.74) is 2.47. The number of hydrogen-bond acceptors (Lipinski definition) is 5. The topological polar surface area (TPSA) is 78.1 Å². The number of benzene rings is 1. The quantitative estimate of drug-likeness (QED) is 0.700. The van der Waals surface area contributed by atoms with Gasteiger partial charge in [-0.3, -0.25) is 4.79 Å². The molecule has 1 aromatic carbocycles. The van der Waals surface area contributed by atoms with Crippen molar-refractivity contribution in [1.82, 2.24) is 19.7 Å². The van der Waals surface area contributed by atoms with Gasteiger partial charge in [-0.15, -0.1) is 0 Å². The summed E-state index contributed by atoms with van der Waals surface area (Å²) >= 11 is 0. The summed E-state index contributed by atoms with van der Waals surface area (Å²) in [5.74, 6) is 0.890. The number of rotatable bonds is 4. The van der Waals surface area contributed by atoms with Crippen molar-refractivity contribution in [2.24, 2.45) is 0 Å². The van der Waals surface area contributed by atoms with E-state index in [4.69, 9.17) is 5.26 Å². The van der Waals surface area contributed by atoms with Gasteiger partial charge in [-0.2, -0.15) is 10.4 Å². The summed E-state index contributed by atoms with van der Waals surface area (Å²) in [4.78, 5) is 21.0. The predicted octanol–water partition coefficient (Wildman–Crippen LogP) is 2.03. The van der Waals surface area contributed by atoms with Gasteiger partial charge in [-0.05, 0) is 29.8 Å². The maximum Gasteiger partial charge on any atom is 0.227 e. The molecule has 0 bridgehead atoms. The Morgan fingerprint density at radius 1 is 1.11 bits per heavy atom. The maximum atomic E-state index is 12.7. The van der Waals surface area contributed by atoms with E-state index in [1.165, 1.54) is 0 Å². The maximum absolute atomic E-state index is 12.7. The first kappa shape index (κ1) is 17.7. The molecule has 7 nitrogen and oxygen atoms in total. The van der Waals surface area contributed by atoms with Crippen molar-refractivity contribution in [2.75, 3.05) is 31.1 Å². The Kier molecular flexibility index (Phi) is 5.02. The van der Waals surface area contributed by atoms with Crippen LogP contribution < -0.4 is 4.90 Å². The molecule has 0 saturated carbocycles. The van der Waals surface area contributed by atoms with Gasteiger partial charge >= 0.3 is 0 Å². The van der Waals surface area contributed by atoms with Crippen LogP contribution in [-0.4, -0.2) is 51.8 Å². The van der Waals surface area contributed by atoms with E-state index in [1.54, 1.807) is 29.2 Å². The monoisotopic (exact) mass is 372 g/mol. The third-order valence-electron chi connectivity index (χ3n) is 4.84. The number of nitriles is 1. The van der Waals surface area contributed by atoms with Gasteiger partial charge in [0.05, 0.1) is 29.9 Å². The van der Waals surface area contributed by atoms with Crippen molar-refractivity contribution >= 4 is 11.7 Å². The van der Waals surface area contributed by atoms with Crippen LogP contribution in [0.25, 0.3) is 5.69 Å². The van der Waals surface area contributed by atoms with Gasteiger partial charge in [-0.25, -0.2) is 9.67 Å². The van der Waals surface area contributed by atoms with Crippen molar-refractivity contribution < 1.29 is 4.79 Å². The normalized spacial score (nSPS) is 14.0. The number of carbonyl (C=O) groups is 1. The lowest BCUT2D eigenvalue weighted by atomic mass is 10.2. The predicted molar refractivity (Wildman–Crippen MR) is 105 cm³/mol. The van der Waals surface area contributed by atoms with Crippen molar-refractivity contribution in [2.45, 2.75) is 6.42 Å². The molecule has 1 aliphatic rings. The second-order valence-corrected chi connectivity index (χ2v) is 6.69. The van der Waals surface area contributed by atoms with E-state index >= 15 is 0 Å². The highest BCUT2D eigenvalue weighted by Crippen LogP contribution is 2.16. The van der Waals surface area contributed by atoms with Crippen molar-refractivity contribution in [3.63, 3.8) is 0 Å². The smallest absolute Gasteiger partial charge is 0.227 e. The summed E-state index contributed by atoms with van der Waals surface area (Å²) in [6.07, 6.45) is 5.64. The molecule has 3 aromatic rings. The van der Waals surface area contributed by atoms with Gasteiger partial charge < -0.3 is 9.80 Å². The minimum absolute atomic E-state index is 0.103. The Balaban J connectivity index is 1.34. The van der Waals surface area contributed by atoms with Crippen LogP contribution in [0.1, 0.15) is 11.1 Å². The van der Waals surface area contributed by atoms with Crippen molar-refractivity contribution in [3.8, 4) is 11.8 Å². The fraction of sp³-hybridized carbons (Fsp3) is 0.238. The number of amides is 1. The van der Waals surface area contributed by atoms with Crippen LogP contribution in [0.3, 0.4) is 0 Å². The highest BCUT2D eigenvalue weighted by Gasteiger charge is 2.22. The zero-order valence-electron chi connectivity index (χ0n) is 15.4. The number of para-hydroxylation sites is 1. The van der Waals surface area contributed by atoms with Crippen LogP contribution in [0.5, 0.6) is 0 Å². The largest absolute Gasteiger partial charge is 0.353 e. The SMILES string of the molecule is N#Cc1ccnc(N2CCN(C(=O)Cc3cnn(-c4ccccc4)c3)CC2)c1. The first-order valence-corrected chi connectivity index (χ1v) is 9.21. The van der Waals surface area contributed by atoms with Crippen LogP contribution in [0.4, 0.5) is 5.82 Å². The van der Waals surface area contributed by atoms with Gasteiger partial charge in [0.25, 0.3) is 0 Å². The molecule has 1 saturated heterocycles. The zero-order chi connectivity index (χ0) is 19.3. The lowest BCUT2D eigenvalue weighted by Gasteiger charge is -2.35. The standard InChI is InChI=1S/C21H20N6O/c22-14-17-6-7-23-20(12-17)25-8-10-26(11-9-25)21(28)13-18-15-24-27(16-18)19-4-2-1-3-5-19/h1-7,12,15-16H,8-11,13H2. The van der Waals surface area contributed by atoms with E-state index in [0.29, 0.717) is 38.2 Å². The lowest BCUT2D eigenvalue weighted by molar-refractivity contribution is -0.130. The van der Waals surface area contributed by atoms with Gasteiger partial charge in [0.15, 0.2) is 0 Å². The molecule has 28 heavy (non-hydrogen) atoms. The minimum atomic E-state index is 0.103. The Bertz CT molecular complexity index is 999. The summed E-state index contributed by atoms with van der Waals surface area (Å²) in [6.45, 7) is 2.70. The number of nitrogens with zero attached hydrogens (tertiary/aromatic N) is 6. The van der Waals surface area contributed by atoms with Gasteiger partial charge in [-0.1, -0.05) is 18.2 Å². The molecule has 1 fully saturated rings. The highest BCUT2D eigenvalue weighted by molar-refractivity contribution is 5.79. The van der Waals surface area contributed by atoms with Gasteiger partial charge in [0, 0.05) is 38.6 Å². The molecule has 3 heterocycles. The molecule has 0 N–H and O–H groups in total. The first-order chi connectivity index (χ1) is 13.7. The van der Waals surface area contributed by atoms with E-state index < -0.39 is 0 Å². The first-order valence-electron chi connectivity index (χ1n) is 9.21. The van der Waals surface area contributed by atoms with E-state index in [2.05, 4.69) is 21.1 Å². The molecule has 0 radical (unpaired) electrons. The molecule has 0 atom stereocenters. The van der Waals surface area contributed by atoms with Gasteiger partial charge in [0.2, 0.25) is 5.91 Å². The van der Waals surface area contributed by atoms with Gasteiger partial charge in [0.1, 0.15) is 5.82 Å². The second kappa shape index (κ2) is 7.92. The molecular weight excluding hydrogens is 352 g/mol. The molecule has 2 aromatic heterocycles. The number of piperazine rings is 1. The van der Waals surface area contributed by atoms with E-state index in [-0.39, 0.29) is 5.91 Å². The van der Waals surface area contributed by atoms with Crippen LogP contribution in [-0.2, 0) is 11.2 Å². The number of aromatic nitrogens is 3. The molecule has 140 valence electrons. The average molecular weight is 372 g/mol. The lowest BCUT2D eigenvalue weighted by Crippen LogP contribution is -2.49. The van der Waals surface area contributed by atoms with Crippen molar-refractivity contribution in [3.05, 3.63) is 72.2 Å². The van der Waals surface area contributed by atoms with Crippen LogP contribution >= 0.6 is 0 Å². The highest BCUT2D eigenvalue weighted by atomic mass is 16.2. The van der Waals surface area contributed by atoms with Crippen LogP contribution in [0.15, 0.2) is 61.1 Å². The third-order valence-corrected chi connectivity index (χ3v) is 4.84. The summed E-state index contributed by atoms with van der Waals surface area (Å²) in [6, 6.07) is 15.5. The number of anilines is 1. The number of hydrogen-bond donors (Lipinski definition) is 0. The fourth-order valence-corrected chi connectivity index (χ4v) is 3.31. The summed E-state index contributed by atoms with van der Waals surface area (Å²) < 4.78 is 1.79. The Hall–Kier alpha value is -3.66. The molecule has 7 heteroatoms. The second-order valence-electron chi connectivity index (χ2n) is 6.69. The number of pyridine rings is 1. The molecular formula is C21H20N6O. The van der Waals surface area contributed by atoms with E-state index in [1.807, 2.05) is 41.4 Å². The Morgan fingerprint density at radius 2 is 1.89 bits per heavy atom. The van der Waals surface area contributed by atoms with Crippen molar-refractivity contribution in [1.29, 1.82) is 5.26 Å². The zero-order valence-corrected chi connectivity index (χ0v) is 15.4. The van der Waals surface area contributed by atoms with Crippen LogP contribution in [0.2, 0.25) is 0 Å². The molecule has 0 unspecified atom stereocenters. The average Bonchev–Trinajstić information content (AvgIpc) is 3.23. The number of carbonyl (C=O) groups excluding carboxylic acids is 1.